The summed E-state index contributed by atoms with van der Waals surface area (Å²) in [6, 6.07) is 14.8. The summed E-state index contributed by atoms with van der Waals surface area (Å²) >= 11 is 0. The largest absolute Gasteiger partial charge is 0.487 e. The monoisotopic (exact) mass is 390 g/mol. The van der Waals surface area contributed by atoms with Crippen molar-refractivity contribution in [2.24, 2.45) is 0 Å². The van der Waals surface area contributed by atoms with Crippen LogP contribution in [-0.4, -0.2) is 28.6 Å². The van der Waals surface area contributed by atoms with Crippen molar-refractivity contribution in [1.29, 1.82) is 0 Å². The van der Waals surface area contributed by atoms with Gasteiger partial charge >= 0.3 is 5.97 Å². The minimum atomic E-state index is -0.434. The molecule has 6 heteroatoms. The molecule has 6 nitrogen and oxygen atoms in total. The summed E-state index contributed by atoms with van der Waals surface area (Å²) in [6.07, 6.45) is 4.18. The van der Waals surface area contributed by atoms with Gasteiger partial charge in [-0.15, -0.1) is 0 Å². The first kappa shape index (κ1) is 20.1. The molecule has 3 aromatic rings. The highest BCUT2D eigenvalue weighted by Gasteiger charge is 2.08. The Kier molecular flexibility index (Phi) is 6.58. The predicted molar refractivity (Wildman–Crippen MR) is 111 cm³/mol. The molecule has 0 saturated carbocycles. The zero-order chi connectivity index (χ0) is 20.6. The molecular formula is C23H22N2O4. The number of para-hydroxylation sites is 2. The number of carbonyl (C=O) groups excluding carboxylic acids is 1. The van der Waals surface area contributed by atoms with Crippen LogP contribution in [0.1, 0.15) is 12.6 Å². The van der Waals surface area contributed by atoms with Gasteiger partial charge in [0.15, 0.2) is 0 Å². The van der Waals surface area contributed by atoms with E-state index in [-0.39, 0.29) is 12.7 Å². The second-order valence-electron chi connectivity index (χ2n) is 6.28. The topological polar surface area (TPSA) is 70.5 Å². The molecule has 0 radical (unpaired) electrons. The van der Waals surface area contributed by atoms with Crippen LogP contribution in [0.25, 0.3) is 11.0 Å². The van der Waals surface area contributed by atoms with Gasteiger partial charge in [-0.2, -0.15) is 0 Å². The van der Waals surface area contributed by atoms with Crippen molar-refractivity contribution in [2.45, 2.75) is 20.0 Å². The third-order valence-electron chi connectivity index (χ3n) is 3.91. The normalized spacial score (nSPS) is 11.9. The molecule has 0 aliphatic heterocycles. The number of hydrogen-bond donors (Lipinski definition) is 0. The number of nitrogens with zero attached hydrogens (tertiary/aromatic N) is 2. The van der Waals surface area contributed by atoms with Crippen LogP contribution < -0.4 is 9.47 Å². The van der Waals surface area contributed by atoms with E-state index in [1.807, 2.05) is 38.1 Å². The molecule has 29 heavy (non-hydrogen) atoms. The Morgan fingerprint density at radius 2 is 1.72 bits per heavy atom. The average Bonchev–Trinajstić information content (AvgIpc) is 2.72. The first-order valence-electron chi connectivity index (χ1n) is 9.19. The fraction of sp³-hybridized carbons (Fsp3) is 0.174. The number of rotatable bonds is 8. The van der Waals surface area contributed by atoms with Crippen LogP contribution in [0.4, 0.5) is 0 Å². The van der Waals surface area contributed by atoms with E-state index in [4.69, 9.17) is 14.2 Å². The summed E-state index contributed by atoms with van der Waals surface area (Å²) in [4.78, 5) is 20.5. The Bertz CT molecular complexity index is 1030. The van der Waals surface area contributed by atoms with Crippen molar-refractivity contribution in [2.75, 3.05) is 6.61 Å². The second-order valence-corrected chi connectivity index (χ2v) is 6.28. The average molecular weight is 390 g/mol. The van der Waals surface area contributed by atoms with E-state index in [1.165, 1.54) is 12.2 Å². The highest BCUT2D eigenvalue weighted by Crippen LogP contribution is 2.26. The van der Waals surface area contributed by atoms with E-state index in [2.05, 4.69) is 16.5 Å². The number of aryl methyl sites for hydroxylation is 1. The molecule has 2 aromatic carbocycles. The third kappa shape index (κ3) is 5.65. The van der Waals surface area contributed by atoms with Gasteiger partial charge in [-0.1, -0.05) is 24.8 Å². The zero-order valence-corrected chi connectivity index (χ0v) is 16.4. The standard InChI is InChI=1S/C23H22N2O4/c1-4-15-27-22(26)14-9-16(2)28-18-10-12-19(13-11-18)29-23-17(3)24-20-7-5-6-8-21(20)25-23/h4-14,16H,1,15H2,2-3H3. The summed E-state index contributed by atoms with van der Waals surface area (Å²) < 4.78 is 16.5. The minimum absolute atomic E-state index is 0.181. The lowest BCUT2D eigenvalue weighted by molar-refractivity contribution is -0.136. The van der Waals surface area contributed by atoms with Crippen molar-refractivity contribution in [3.05, 3.63) is 79.0 Å². The number of benzene rings is 2. The van der Waals surface area contributed by atoms with E-state index < -0.39 is 5.97 Å². The van der Waals surface area contributed by atoms with Gasteiger partial charge in [0.1, 0.15) is 29.9 Å². The Hall–Kier alpha value is -3.67. The van der Waals surface area contributed by atoms with Gasteiger partial charge in [-0.25, -0.2) is 14.8 Å². The molecule has 0 amide bonds. The van der Waals surface area contributed by atoms with E-state index >= 15 is 0 Å². The number of ether oxygens (including phenoxy) is 3. The first-order chi connectivity index (χ1) is 14.0. The molecule has 1 atom stereocenters. The molecule has 0 N–H and O–H groups in total. The Labute approximate surface area is 169 Å². The summed E-state index contributed by atoms with van der Waals surface area (Å²) in [7, 11) is 0. The fourth-order valence-electron chi connectivity index (χ4n) is 2.52. The maximum Gasteiger partial charge on any atom is 0.330 e. The third-order valence-corrected chi connectivity index (χ3v) is 3.91. The fourth-order valence-corrected chi connectivity index (χ4v) is 2.52. The molecule has 0 bridgehead atoms. The van der Waals surface area contributed by atoms with E-state index in [0.29, 0.717) is 23.1 Å². The highest BCUT2D eigenvalue weighted by molar-refractivity contribution is 5.82. The van der Waals surface area contributed by atoms with Gasteiger partial charge in [-0.05, 0) is 56.3 Å². The summed E-state index contributed by atoms with van der Waals surface area (Å²) in [6.45, 7) is 7.36. The summed E-state index contributed by atoms with van der Waals surface area (Å²) in [5.41, 5.74) is 2.32. The highest BCUT2D eigenvalue weighted by atomic mass is 16.5. The predicted octanol–water partition coefficient (Wildman–Crippen LogP) is 4.78. The molecular weight excluding hydrogens is 368 g/mol. The maximum absolute atomic E-state index is 11.4. The lowest BCUT2D eigenvalue weighted by Gasteiger charge is -2.12. The zero-order valence-electron chi connectivity index (χ0n) is 16.4. The Balaban J connectivity index is 1.62. The molecule has 1 heterocycles. The van der Waals surface area contributed by atoms with Gasteiger partial charge in [0.25, 0.3) is 0 Å². The van der Waals surface area contributed by atoms with Crippen molar-refractivity contribution >= 4 is 17.0 Å². The number of esters is 1. The lowest BCUT2D eigenvalue weighted by Crippen LogP contribution is -2.09. The number of aromatic nitrogens is 2. The summed E-state index contributed by atoms with van der Waals surface area (Å²) in [5, 5.41) is 0. The van der Waals surface area contributed by atoms with Gasteiger partial charge < -0.3 is 14.2 Å². The molecule has 1 unspecified atom stereocenters. The van der Waals surface area contributed by atoms with Gasteiger partial charge in [0, 0.05) is 6.08 Å². The first-order valence-corrected chi connectivity index (χ1v) is 9.19. The molecule has 0 saturated heterocycles. The second kappa shape index (κ2) is 9.50. The van der Waals surface area contributed by atoms with Crippen LogP contribution in [0.5, 0.6) is 17.4 Å². The number of carbonyl (C=O) groups is 1. The lowest BCUT2D eigenvalue weighted by atomic mass is 10.3. The molecule has 0 fully saturated rings. The van der Waals surface area contributed by atoms with E-state index in [9.17, 15) is 4.79 Å². The molecule has 148 valence electrons. The van der Waals surface area contributed by atoms with Crippen molar-refractivity contribution in [1.82, 2.24) is 9.97 Å². The van der Waals surface area contributed by atoms with E-state index in [0.717, 1.165) is 11.0 Å². The number of hydrogen-bond acceptors (Lipinski definition) is 6. The van der Waals surface area contributed by atoms with Crippen molar-refractivity contribution in [3.8, 4) is 17.4 Å². The van der Waals surface area contributed by atoms with Crippen molar-refractivity contribution in [3.63, 3.8) is 0 Å². The molecule has 0 spiro atoms. The Morgan fingerprint density at radius 1 is 1.07 bits per heavy atom. The van der Waals surface area contributed by atoms with Gasteiger partial charge in [0.2, 0.25) is 5.88 Å². The smallest absolute Gasteiger partial charge is 0.330 e. The van der Waals surface area contributed by atoms with Crippen LogP contribution in [0, 0.1) is 6.92 Å². The van der Waals surface area contributed by atoms with Gasteiger partial charge in [0.05, 0.1) is 11.0 Å². The molecule has 0 aliphatic carbocycles. The van der Waals surface area contributed by atoms with Crippen LogP contribution in [-0.2, 0) is 9.53 Å². The maximum atomic E-state index is 11.4. The van der Waals surface area contributed by atoms with E-state index in [1.54, 1.807) is 30.3 Å². The quantitative estimate of drug-likeness (QED) is 0.313. The molecule has 0 aliphatic rings. The van der Waals surface area contributed by atoms with Crippen LogP contribution in [0.15, 0.2) is 73.3 Å². The molecule has 1 aromatic heterocycles. The Morgan fingerprint density at radius 3 is 2.41 bits per heavy atom. The van der Waals surface area contributed by atoms with Crippen molar-refractivity contribution < 1.29 is 19.0 Å². The molecule has 3 rings (SSSR count). The van der Waals surface area contributed by atoms with Gasteiger partial charge in [-0.3, -0.25) is 0 Å². The summed E-state index contributed by atoms with van der Waals surface area (Å²) in [5.74, 6) is 1.30. The minimum Gasteiger partial charge on any atom is -0.487 e. The van der Waals surface area contributed by atoms with Crippen LogP contribution in [0.3, 0.4) is 0 Å². The number of fused-ring (bicyclic) bond motifs is 1. The van der Waals surface area contributed by atoms with Crippen LogP contribution in [0.2, 0.25) is 0 Å². The SMILES string of the molecule is C=CCOC(=O)C=CC(C)Oc1ccc(Oc2nc3ccccc3nc2C)cc1. The van der Waals surface area contributed by atoms with Crippen LogP contribution >= 0.6 is 0 Å².